The van der Waals surface area contributed by atoms with Gasteiger partial charge in [-0.25, -0.2) is 8.42 Å². The Morgan fingerprint density at radius 3 is 2.84 bits per heavy atom. The van der Waals surface area contributed by atoms with Crippen LogP contribution in [0.2, 0.25) is 0 Å². The number of aliphatic carboxylic acids is 1. The normalized spacial score (nSPS) is 13.2. The standard InChI is InChI=1S/C10H14N4O4S/c1-8(3-4-11)13(2)19(17,18)9-5-12-14(6-9)7-10(15)16/h5-6,8H,3,7H2,1-2H3,(H,15,16). The molecule has 0 saturated carbocycles. The van der Waals surface area contributed by atoms with Gasteiger partial charge < -0.3 is 5.11 Å². The molecule has 1 aromatic rings. The van der Waals surface area contributed by atoms with Gasteiger partial charge >= 0.3 is 5.97 Å². The Kier molecular flexibility index (Phi) is 4.63. The molecule has 1 N–H and O–H groups in total. The van der Waals surface area contributed by atoms with E-state index in [4.69, 9.17) is 10.4 Å². The second-order valence-corrected chi connectivity index (χ2v) is 6.00. The molecule has 0 bridgehead atoms. The van der Waals surface area contributed by atoms with Crippen molar-refractivity contribution in [1.29, 1.82) is 5.26 Å². The highest BCUT2D eigenvalue weighted by atomic mass is 32.2. The van der Waals surface area contributed by atoms with Crippen LogP contribution >= 0.6 is 0 Å². The van der Waals surface area contributed by atoms with Gasteiger partial charge in [0.2, 0.25) is 10.0 Å². The van der Waals surface area contributed by atoms with Crippen molar-refractivity contribution in [3.05, 3.63) is 12.4 Å². The molecule has 19 heavy (non-hydrogen) atoms. The van der Waals surface area contributed by atoms with Crippen molar-refractivity contribution in [1.82, 2.24) is 14.1 Å². The molecule has 1 unspecified atom stereocenters. The van der Waals surface area contributed by atoms with Crippen molar-refractivity contribution in [2.45, 2.75) is 30.8 Å². The van der Waals surface area contributed by atoms with Crippen molar-refractivity contribution < 1.29 is 18.3 Å². The van der Waals surface area contributed by atoms with E-state index in [1.54, 1.807) is 6.92 Å². The Hall–Kier alpha value is -1.92. The molecule has 1 rings (SSSR count). The molecule has 1 atom stereocenters. The zero-order valence-corrected chi connectivity index (χ0v) is 11.3. The molecule has 1 heterocycles. The third-order valence-corrected chi connectivity index (χ3v) is 4.52. The average molecular weight is 286 g/mol. The highest BCUT2D eigenvalue weighted by Gasteiger charge is 2.26. The van der Waals surface area contributed by atoms with Crippen LogP contribution in [-0.2, 0) is 21.4 Å². The van der Waals surface area contributed by atoms with E-state index in [2.05, 4.69) is 5.10 Å². The van der Waals surface area contributed by atoms with Crippen LogP contribution in [0.4, 0.5) is 0 Å². The largest absolute Gasteiger partial charge is 0.480 e. The number of aromatic nitrogens is 2. The predicted molar refractivity (Wildman–Crippen MR) is 64.5 cm³/mol. The molecule has 8 nitrogen and oxygen atoms in total. The van der Waals surface area contributed by atoms with Gasteiger partial charge in [-0.3, -0.25) is 9.48 Å². The Labute approximate surface area is 110 Å². The molecule has 9 heteroatoms. The zero-order valence-electron chi connectivity index (χ0n) is 10.5. The van der Waals surface area contributed by atoms with Crippen LogP contribution in [0, 0.1) is 11.3 Å². The number of hydrogen-bond donors (Lipinski definition) is 1. The van der Waals surface area contributed by atoms with Crippen LogP contribution in [0.5, 0.6) is 0 Å². The van der Waals surface area contributed by atoms with Gasteiger partial charge in [-0.15, -0.1) is 0 Å². The van der Waals surface area contributed by atoms with E-state index in [-0.39, 0.29) is 11.3 Å². The fraction of sp³-hybridized carbons (Fsp3) is 0.500. The summed E-state index contributed by atoms with van der Waals surface area (Å²) in [7, 11) is -2.40. The summed E-state index contributed by atoms with van der Waals surface area (Å²) in [5.74, 6) is -1.11. The molecule has 0 amide bonds. The number of hydrogen-bond acceptors (Lipinski definition) is 5. The third kappa shape index (κ3) is 3.52. The van der Waals surface area contributed by atoms with E-state index in [0.29, 0.717) is 0 Å². The van der Waals surface area contributed by atoms with Gasteiger partial charge in [-0.05, 0) is 6.92 Å². The van der Waals surface area contributed by atoms with Crippen LogP contribution < -0.4 is 0 Å². The highest BCUT2D eigenvalue weighted by Crippen LogP contribution is 2.16. The molecule has 0 saturated heterocycles. The lowest BCUT2D eigenvalue weighted by atomic mass is 10.3. The first-order chi connectivity index (χ1) is 8.78. The molecular weight excluding hydrogens is 272 g/mol. The van der Waals surface area contributed by atoms with Gasteiger partial charge in [0, 0.05) is 19.3 Å². The lowest BCUT2D eigenvalue weighted by molar-refractivity contribution is -0.137. The van der Waals surface area contributed by atoms with Gasteiger partial charge in [-0.2, -0.15) is 14.7 Å². The van der Waals surface area contributed by atoms with Crippen molar-refractivity contribution in [2.24, 2.45) is 0 Å². The van der Waals surface area contributed by atoms with Crippen LogP contribution in [0.15, 0.2) is 17.3 Å². The molecule has 0 aliphatic rings. The van der Waals surface area contributed by atoms with Gasteiger partial charge in [-0.1, -0.05) is 0 Å². The predicted octanol–water partition coefficient (Wildman–Crippen LogP) is -0.110. The Bertz CT molecular complexity index is 601. The topological polar surface area (TPSA) is 116 Å². The maximum atomic E-state index is 12.2. The minimum absolute atomic E-state index is 0.0684. The first-order valence-electron chi connectivity index (χ1n) is 5.38. The summed E-state index contributed by atoms with van der Waals surface area (Å²) in [5, 5.41) is 20.8. The first-order valence-corrected chi connectivity index (χ1v) is 6.82. The van der Waals surface area contributed by atoms with Crippen LogP contribution in [0.25, 0.3) is 0 Å². The molecule has 1 aromatic heterocycles. The molecular formula is C10H14N4O4S. The quantitative estimate of drug-likeness (QED) is 0.780. The second-order valence-electron chi connectivity index (χ2n) is 4.00. The van der Waals surface area contributed by atoms with E-state index in [0.717, 1.165) is 21.4 Å². The number of sulfonamides is 1. The summed E-state index contributed by atoms with van der Waals surface area (Å²) in [4.78, 5) is 10.4. The van der Waals surface area contributed by atoms with Gasteiger partial charge in [0.05, 0.1) is 18.7 Å². The van der Waals surface area contributed by atoms with Crippen molar-refractivity contribution >= 4 is 16.0 Å². The molecule has 0 aliphatic carbocycles. The number of carboxylic acids is 1. The van der Waals surface area contributed by atoms with Crippen LogP contribution in [0.3, 0.4) is 0 Å². The van der Waals surface area contributed by atoms with Crippen LogP contribution in [-0.4, -0.2) is 46.7 Å². The first kappa shape index (κ1) is 15.1. The van der Waals surface area contributed by atoms with Gasteiger partial charge in [0.15, 0.2) is 0 Å². The van der Waals surface area contributed by atoms with Gasteiger partial charge in [0.25, 0.3) is 0 Å². The maximum Gasteiger partial charge on any atom is 0.325 e. The second kappa shape index (κ2) is 5.81. The summed E-state index contributed by atoms with van der Waals surface area (Å²) >= 11 is 0. The fourth-order valence-electron chi connectivity index (χ4n) is 1.37. The molecule has 0 spiro atoms. The summed E-state index contributed by atoms with van der Waals surface area (Å²) in [5.41, 5.74) is 0. The number of nitriles is 1. The molecule has 0 fully saturated rings. The summed E-state index contributed by atoms with van der Waals surface area (Å²) in [6, 6.07) is 1.42. The summed E-state index contributed by atoms with van der Waals surface area (Å²) in [6.45, 7) is 1.20. The van der Waals surface area contributed by atoms with E-state index in [1.807, 2.05) is 6.07 Å². The Balaban J connectivity index is 2.97. The third-order valence-electron chi connectivity index (χ3n) is 2.59. The van der Waals surface area contributed by atoms with E-state index in [1.165, 1.54) is 7.05 Å². The Morgan fingerprint density at radius 2 is 2.32 bits per heavy atom. The van der Waals surface area contributed by atoms with Crippen molar-refractivity contribution in [3.8, 4) is 6.07 Å². The highest BCUT2D eigenvalue weighted by molar-refractivity contribution is 7.89. The molecule has 0 aromatic carbocycles. The smallest absolute Gasteiger partial charge is 0.325 e. The fourth-order valence-corrected chi connectivity index (χ4v) is 2.68. The lowest BCUT2D eigenvalue weighted by Gasteiger charge is -2.21. The zero-order chi connectivity index (χ0) is 14.6. The van der Waals surface area contributed by atoms with E-state index >= 15 is 0 Å². The molecule has 104 valence electrons. The number of carbonyl (C=O) groups is 1. The SMILES string of the molecule is CC(CC#N)N(C)S(=O)(=O)c1cnn(CC(=O)O)c1. The van der Waals surface area contributed by atoms with Crippen molar-refractivity contribution in [2.75, 3.05) is 7.05 Å². The molecule has 0 aliphatic heterocycles. The minimum atomic E-state index is -3.77. The monoisotopic (exact) mass is 286 g/mol. The Morgan fingerprint density at radius 1 is 1.68 bits per heavy atom. The summed E-state index contributed by atoms with van der Waals surface area (Å²) in [6.07, 6.45) is 2.31. The van der Waals surface area contributed by atoms with Crippen LogP contribution in [0.1, 0.15) is 13.3 Å². The molecule has 0 radical (unpaired) electrons. The number of rotatable bonds is 6. The number of carboxylic acid groups (broad SMARTS) is 1. The van der Waals surface area contributed by atoms with E-state index < -0.39 is 28.6 Å². The number of nitrogens with zero attached hydrogens (tertiary/aromatic N) is 4. The van der Waals surface area contributed by atoms with E-state index in [9.17, 15) is 13.2 Å². The maximum absolute atomic E-state index is 12.2. The van der Waals surface area contributed by atoms with Crippen molar-refractivity contribution in [3.63, 3.8) is 0 Å². The average Bonchev–Trinajstić information content (AvgIpc) is 2.76. The summed E-state index contributed by atoms with van der Waals surface area (Å²) < 4.78 is 26.4. The lowest BCUT2D eigenvalue weighted by Crippen LogP contribution is -2.34. The minimum Gasteiger partial charge on any atom is -0.480 e. The van der Waals surface area contributed by atoms with Gasteiger partial charge in [0.1, 0.15) is 11.4 Å².